The molecular formula is C13H16FN3. The first-order valence-electron chi connectivity index (χ1n) is 5.90. The zero-order valence-electron chi connectivity index (χ0n) is 9.69. The van der Waals surface area contributed by atoms with Crippen LogP contribution in [0.1, 0.15) is 18.4 Å². The smallest absolute Gasteiger partial charge is 0.143 e. The van der Waals surface area contributed by atoms with Crippen molar-refractivity contribution in [2.75, 3.05) is 24.5 Å². The molecular weight excluding hydrogens is 217 g/mol. The summed E-state index contributed by atoms with van der Waals surface area (Å²) < 4.78 is 13.5. The van der Waals surface area contributed by atoms with Gasteiger partial charge in [0.05, 0.1) is 5.69 Å². The molecule has 0 aliphatic carbocycles. The van der Waals surface area contributed by atoms with Gasteiger partial charge in [-0.05, 0) is 37.4 Å². The van der Waals surface area contributed by atoms with E-state index in [-0.39, 0.29) is 5.56 Å². The normalized spacial score (nSPS) is 20.1. The molecule has 0 saturated carbocycles. The Labute approximate surface area is 101 Å². The van der Waals surface area contributed by atoms with Crippen molar-refractivity contribution in [2.24, 2.45) is 11.7 Å². The fourth-order valence-electron chi connectivity index (χ4n) is 2.36. The van der Waals surface area contributed by atoms with Crippen LogP contribution in [0.4, 0.5) is 10.1 Å². The predicted octanol–water partition coefficient (Wildman–Crippen LogP) is 1.87. The third-order valence-corrected chi connectivity index (χ3v) is 3.30. The lowest BCUT2D eigenvalue weighted by molar-refractivity contribution is 0.423. The molecule has 1 aromatic carbocycles. The van der Waals surface area contributed by atoms with Gasteiger partial charge in [0.1, 0.15) is 17.4 Å². The lowest BCUT2D eigenvalue weighted by Crippen LogP contribution is -2.38. The van der Waals surface area contributed by atoms with Gasteiger partial charge in [0, 0.05) is 13.1 Å². The molecule has 1 atom stereocenters. The number of rotatable bonds is 2. The summed E-state index contributed by atoms with van der Waals surface area (Å²) in [6.45, 7) is 2.33. The first-order valence-corrected chi connectivity index (χ1v) is 5.90. The van der Waals surface area contributed by atoms with Crippen molar-refractivity contribution in [1.82, 2.24) is 0 Å². The molecule has 2 rings (SSSR count). The number of nitrogens with zero attached hydrogens (tertiary/aromatic N) is 2. The van der Waals surface area contributed by atoms with Gasteiger partial charge in [-0.25, -0.2) is 4.39 Å². The highest BCUT2D eigenvalue weighted by Crippen LogP contribution is 2.27. The van der Waals surface area contributed by atoms with Gasteiger partial charge < -0.3 is 10.6 Å². The van der Waals surface area contributed by atoms with E-state index in [4.69, 9.17) is 11.0 Å². The minimum absolute atomic E-state index is 0.144. The van der Waals surface area contributed by atoms with E-state index in [2.05, 4.69) is 4.90 Å². The lowest BCUT2D eigenvalue weighted by atomic mass is 9.97. The highest BCUT2D eigenvalue weighted by Gasteiger charge is 2.21. The van der Waals surface area contributed by atoms with E-state index < -0.39 is 5.82 Å². The van der Waals surface area contributed by atoms with Crippen LogP contribution in [-0.4, -0.2) is 19.6 Å². The number of hydrogen-bond donors (Lipinski definition) is 1. The summed E-state index contributed by atoms with van der Waals surface area (Å²) in [6.07, 6.45) is 2.16. The molecule has 1 aliphatic heterocycles. The Hall–Kier alpha value is -1.60. The van der Waals surface area contributed by atoms with Gasteiger partial charge in [0.25, 0.3) is 0 Å². The average molecular weight is 233 g/mol. The minimum atomic E-state index is -0.445. The quantitative estimate of drug-likeness (QED) is 0.848. The molecule has 2 N–H and O–H groups in total. The predicted molar refractivity (Wildman–Crippen MR) is 65.1 cm³/mol. The Balaban J connectivity index is 2.28. The number of nitrogens with two attached hydrogens (primary N) is 1. The Morgan fingerprint density at radius 1 is 1.53 bits per heavy atom. The monoisotopic (exact) mass is 233 g/mol. The maximum atomic E-state index is 13.5. The number of halogens is 1. The average Bonchev–Trinajstić information content (AvgIpc) is 2.38. The number of piperidine rings is 1. The van der Waals surface area contributed by atoms with Gasteiger partial charge in [-0.1, -0.05) is 6.07 Å². The van der Waals surface area contributed by atoms with Crippen LogP contribution in [0.5, 0.6) is 0 Å². The van der Waals surface area contributed by atoms with Gasteiger partial charge >= 0.3 is 0 Å². The van der Waals surface area contributed by atoms with Crippen LogP contribution in [0, 0.1) is 23.1 Å². The van der Waals surface area contributed by atoms with Crippen molar-refractivity contribution >= 4 is 5.69 Å². The van der Waals surface area contributed by atoms with E-state index >= 15 is 0 Å². The molecule has 4 heteroatoms. The second kappa shape index (κ2) is 5.15. The highest BCUT2D eigenvalue weighted by atomic mass is 19.1. The molecule has 1 fully saturated rings. The van der Waals surface area contributed by atoms with E-state index in [1.807, 2.05) is 6.07 Å². The standard InChI is InChI=1S/C13H16FN3/c14-12-4-1-5-13(11(12)8-16)17-6-2-3-10(7-15)9-17/h1,4-5,10H,2-3,6-7,9,15H2. The lowest BCUT2D eigenvalue weighted by Gasteiger charge is -2.34. The Kier molecular flexibility index (Phi) is 3.60. The number of nitriles is 1. The highest BCUT2D eigenvalue weighted by molar-refractivity contribution is 5.60. The molecule has 0 spiro atoms. The molecule has 1 aromatic rings. The van der Waals surface area contributed by atoms with Crippen molar-refractivity contribution in [3.63, 3.8) is 0 Å². The van der Waals surface area contributed by atoms with Crippen LogP contribution in [0.15, 0.2) is 18.2 Å². The van der Waals surface area contributed by atoms with Crippen molar-refractivity contribution < 1.29 is 4.39 Å². The van der Waals surface area contributed by atoms with Crippen LogP contribution in [0.3, 0.4) is 0 Å². The van der Waals surface area contributed by atoms with Gasteiger partial charge in [-0.2, -0.15) is 5.26 Å². The molecule has 90 valence electrons. The fraction of sp³-hybridized carbons (Fsp3) is 0.462. The van der Waals surface area contributed by atoms with E-state index in [0.717, 1.165) is 25.9 Å². The molecule has 0 amide bonds. The van der Waals surface area contributed by atoms with Gasteiger partial charge in [0.15, 0.2) is 0 Å². The molecule has 0 aromatic heterocycles. The fourth-order valence-corrected chi connectivity index (χ4v) is 2.36. The van der Waals surface area contributed by atoms with Crippen molar-refractivity contribution in [3.05, 3.63) is 29.6 Å². The summed E-state index contributed by atoms with van der Waals surface area (Å²) >= 11 is 0. The van der Waals surface area contributed by atoms with Gasteiger partial charge in [0.2, 0.25) is 0 Å². The molecule has 0 radical (unpaired) electrons. The van der Waals surface area contributed by atoms with E-state index in [1.165, 1.54) is 6.07 Å². The van der Waals surface area contributed by atoms with Crippen molar-refractivity contribution in [2.45, 2.75) is 12.8 Å². The Morgan fingerprint density at radius 3 is 3.06 bits per heavy atom. The Morgan fingerprint density at radius 2 is 2.35 bits per heavy atom. The maximum Gasteiger partial charge on any atom is 0.143 e. The Bertz CT molecular complexity index is 439. The second-order valence-corrected chi connectivity index (χ2v) is 4.44. The summed E-state index contributed by atoms with van der Waals surface area (Å²) in [6, 6.07) is 6.73. The summed E-state index contributed by atoms with van der Waals surface area (Å²) in [7, 11) is 0. The molecule has 1 aliphatic rings. The van der Waals surface area contributed by atoms with Crippen LogP contribution < -0.4 is 10.6 Å². The number of hydrogen-bond acceptors (Lipinski definition) is 3. The zero-order chi connectivity index (χ0) is 12.3. The van der Waals surface area contributed by atoms with Crippen LogP contribution in [-0.2, 0) is 0 Å². The molecule has 3 nitrogen and oxygen atoms in total. The zero-order valence-corrected chi connectivity index (χ0v) is 9.69. The van der Waals surface area contributed by atoms with Crippen molar-refractivity contribution in [1.29, 1.82) is 5.26 Å². The van der Waals surface area contributed by atoms with Crippen LogP contribution in [0.25, 0.3) is 0 Å². The number of anilines is 1. The van der Waals surface area contributed by atoms with Crippen LogP contribution >= 0.6 is 0 Å². The summed E-state index contributed by atoms with van der Waals surface area (Å²) in [5, 5.41) is 9.01. The van der Waals surface area contributed by atoms with E-state index in [9.17, 15) is 4.39 Å². The summed E-state index contributed by atoms with van der Waals surface area (Å²) in [4.78, 5) is 2.07. The minimum Gasteiger partial charge on any atom is -0.370 e. The molecule has 1 heterocycles. The molecule has 17 heavy (non-hydrogen) atoms. The van der Waals surface area contributed by atoms with Gasteiger partial charge in [-0.15, -0.1) is 0 Å². The third-order valence-electron chi connectivity index (χ3n) is 3.30. The van der Waals surface area contributed by atoms with Gasteiger partial charge in [-0.3, -0.25) is 0 Å². The first kappa shape index (κ1) is 11.9. The second-order valence-electron chi connectivity index (χ2n) is 4.44. The first-order chi connectivity index (χ1) is 8.26. The number of benzene rings is 1. The summed E-state index contributed by atoms with van der Waals surface area (Å²) in [5.74, 6) is -0.00145. The molecule has 1 saturated heterocycles. The summed E-state index contributed by atoms with van der Waals surface area (Å²) in [5.41, 5.74) is 6.52. The van der Waals surface area contributed by atoms with E-state index in [0.29, 0.717) is 18.2 Å². The molecule has 0 bridgehead atoms. The van der Waals surface area contributed by atoms with Crippen molar-refractivity contribution in [3.8, 4) is 6.07 Å². The van der Waals surface area contributed by atoms with Crippen LogP contribution in [0.2, 0.25) is 0 Å². The maximum absolute atomic E-state index is 13.5. The SMILES string of the molecule is N#Cc1c(F)cccc1N1CCCC(CN)C1. The van der Waals surface area contributed by atoms with E-state index in [1.54, 1.807) is 12.1 Å². The topological polar surface area (TPSA) is 53.0 Å². The molecule has 1 unspecified atom stereocenters. The third kappa shape index (κ3) is 2.40. The largest absolute Gasteiger partial charge is 0.370 e.